The lowest BCUT2D eigenvalue weighted by Gasteiger charge is -2.06. The standard InChI is InChI=1S/C19H12F2N2O2/c20-15-5-12(6-16(21)8-15)10-23-11-14(7-13(9-22)19(24)25)17-3-1-2-4-18(17)23/h1-8,11H,10H2,(H,24,25)/b13-7+. The van der Waals surface area contributed by atoms with E-state index in [-0.39, 0.29) is 12.1 Å². The first-order valence-corrected chi connectivity index (χ1v) is 7.36. The van der Waals surface area contributed by atoms with Crippen molar-refractivity contribution in [2.24, 2.45) is 0 Å². The highest BCUT2D eigenvalue weighted by Gasteiger charge is 2.12. The van der Waals surface area contributed by atoms with Crippen molar-refractivity contribution in [1.82, 2.24) is 4.57 Å². The van der Waals surface area contributed by atoms with Crippen LogP contribution < -0.4 is 0 Å². The summed E-state index contributed by atoms with van der Waals surface area (Å²) in [5, 5.41) is 18.7. The van der Waals surface area contributed by atoms with Crippen molar-refractivity contribution < 1.29 is 18.7 Å². The molecule has 0 aliphatic heterocycles. The number of aromatic nitrogens is 1. The molecule has 124 valence electrons. The zero-order valence-corrected chi connectivity index (χ0v) is 12.9. The van der Waals surface area contributed by atoms with E-state index >= 15 is 0 Å². The van der Waals surface area contributed by atoms with Gasteiger partial charge in [-0.15, -0.1) is 0 Å². The minimum atomic E-state index is -1.31. The second kappa shape index (κ2) is 6.57. The molecule has 0 radical (unpaired) electrons. The van der Waals surface area contributed by atoms with Crippen LogP contribution in [-0.4, -0.2) is 15.6 Å². The van der Waals surface area contributed by atoms with Crippen LogP contribution in [0, 0.1) is 23.0 Å². The molecule has 0 atom stereocenters. The Balaban J connectivity index is 2.11. The molecule has 0 aliphatic rings. The number of nitriles is 1. The largest absolute Gasteiger partial charge is 0.477 e. The van der Waals surface area contributed by atoms with Crippen molar-refractivity contribution in [2.75, 3.05) is 0 Å². The Hall–Kier alpha value is -3.46. The second-order valence-corrected chi connectivity index (χ2v) is 5.48. The van der Waals surface area contributed by atoms with Crippen LogP contribution in [0.1, 0.15) is 11.1 Å². The third-order valence-electron chi connectivity index (χ3n) is 3.75. The van der Waals surface area contributed by atoms with Crippen LogP contribution in [0.2, 0.25) is 0 Å². The highest BCUT2D eigenvalue weighted by Crippen LogP contribution is 2.25. The maximum Gasteiger partial charge on any atom is 0.346 e. The van der Waals surface area contributed by atoms with Crippen LogP contribution in [0.5, 0.6) is 0 Å². The second-order valence-electron chi connectivity index (χ2n) is 5.48. The summed E-state index contributed by atoms with van der Waals surface area (Å²) in [4.78, 5) is 11.1. The molecule has 0 spiro atoms. The van der Waals surface area contributed by atoms with E-state index in [0.29, 0.717) is 11.1 Å². The van der Waals surface area contributed by atoms with Crippen LogP contribution in [0.25, 0.3) is 17.0 Å². The van der Waals surface area contributed by atoms with Crippen LogP contribution >= 0.6 is 0 Å². The van der Waals surface area contributed by atoms with E-state index < -0.39 is 17.6 Å². The number of nitrogens with zero attached hydrogens (tertiary/aromatic N) is 2. The minimum absolute atomic E-state index is 0.206. The zero-order valence-electron chi connectivity index (χ0n) is 12.9. The Morgan fingerprint density at radius 3 is 2.52 bits per heavy atom. The number of carbonyl (C=O) groups is 1. The van der Waals surface area contributed by atoms with E-state index in [4.69, 9.17) is 10.4 Å². The van der Waals surface area contributed by atoms with E-state index in [9.17, 15) is 13.6 Å². The van der Waals surface area contributed by atoms with Gasteiger partial charge in [-0.1, -0.05) is 18.2 Å². The summed E-state index contributed by atoms with van der Waals surface area (Å²) in [6.45, 7) is 0.206. The molecule has 3 rings (SSSR count). The predicted molar refractivity (Wildman–Crippen MR) is 88.6 cm³/mol. The summed E-state index contributed by atoms with van der Waals surface area (Å²) in [6.07, 6.45) is 2.95. The van der Waals surface area contributed by atoms with Gasteiger partial charge in [0.05, 0.1) is 0 Å². The number of carboxylic acid groups (broad SMARTS) is 1. The van der Waals surface area contributed by atoms with Gasteiger partial charge in [-0.25, -0.2) is 13.6 Å². The summed E-state index contributed by atoms with van der Waals surface area (Å²) >= 11 is 0. The number of carboxylic acids is 1. The van der Waals surface area contributed by atoms with Gasteiger partial charge in [0.1, 0.15) is 23.3 Å². The van der Waals surface area contributed by atoms with Gasteiger partial charge < -0.3 is 9.67 Å². The smallest absolute Gasteiger partial charge is 0.346 e. The lowest BCUT2D eigenvalue weighted by atomic mass is 10.1. The van der Waals surface area contributed by atoms with E-state index in [2.05, 4.69) is 0 Å². The topological polar surface area (TPSA) is 66.0 Å². The monoisotopic (exact) mass is 338 g/mol. The van der Waals surface area contributed by atoms with Crippen molar-refractivity contribution in [3.63, 3.8) is 0 Å². The number of benzene rings is 2. The number of halogens is 2. The van der Waals surface area contributed by atoms with Crippen molar-refractivity contribution in [2.45, 2.75) is 6.54 Å². The SMILES string of the molecule is N#C/C(=C\c1cn(Cc2cc(F)cc(F)c2)c2ccccc12)C(=O)O. The maximum atomic E-state index is 13.4. The molecule has 4 nitrogen and oxygen atoms in total. The molecule has 0 bridgehead atoms. The Labute approximate surface area is 141 Å². The molecule has 0 fully saturated rings. The normalized spacial score (nSPS) is 11.5. The van der Waals surface area contributed by atoms with Gasteiger partial charge in [0.2, 0.25) is 0 Å². The van der Waals surface area contributed by atoms with E-state index in [0.717, 1.165) is 17.0 Å². The molecule has 1 heterocycles. The van der Waals surface area contributed by atoms with Crippen LogP contribution in [0.15, 0.2) is 54.2 Å². The molecule has 0 amide bonds. The van der Waals surface area contributed by atoms with Gasteiger partial charge in [0.15, 0.2) is 0 Å². The molecule has 1 aromatic heterocycles. The first-order valence-electron chi connectivity index (χ1n) is 7.36. The molecule has 3 aromatic rings. The lowest BCUT2D eigenvalue weighted by molar-refractivity contribution is -0.132. The van der Waals surface area contributed by atoms with Crippen LogP contribution in [0.4, 0.5) is 8.78 Å². The number of hydrogen-bond acceptors (Lipinski definition) is 2. The first-order chi connectivity index (χ1) is 12.0. The molecule has 0 aliphatic carbocycles. The van der Waals surface area contributed by atoms with E-state index in [1.54, 1.807) is 35.0 Å². The molecular weight excluding hydrogens is 326 g/mol. The Morgan fingerprint density at radius 2 is 1.88 bits per heavy atom. The zero-order chi connectivity index (χ0) is 18.0. The van der Waals surface area contributed by atoms with Crippen LogP contribution in [0.3, 0.4) is 0 Å². The summed E-state index contributed by atoms with van der Waals surface area (Å²) < 4.78 is 28.5. The average Bonchev–Trinajstić information content (AvgIpc) is 2.89. The fourth-order valence-corrected chi connectivity index (χ4v) is 2.72. The number of para-hydroxylation sites is 1. The molecule has 6 heteroatoms. The quantitative estimate of drug-likeness (QED) is 0.578. The highest BCUT2D eigenvalue weighted by atomic mass is 19.1. The molecule has 2 aromatic carbocycles. The van der Waals surface area contributed by atoms with Crippen molar-refractivity contribution in [3.05, 3.63) is 77.0 Å². The first kappa shape index (κ1) is 16.4. The third kappa shape index (κ3) is 3.40. The minimum Gasteiger partial charge on any atom is -0.477 e. The van der Waals surface area contributed by atoms with Crippen molar-refractivity contribution >= 4 is 22.9 Å². The molecule has 0 saturated heterocycles. The van der Waals surface area contributed by atoms with E-state index in [1.165, 1.54) is 18.2 Å². The molecule has 25 heavy (non-hydrogen) atoms. The van der Waals surface area contributed by atoms with Gasteiger partial charge in [-0.2, -0.15) is 5.26 Å². The molecule has 1 N–H and O–H groups in total. The predicted octanol–water partition coefficient (Wildman–Crippen LogP) is 3.96. The highest BCUT2D eigenvalue weighted by molar-refractivity contribution is 6.00. The summed E-state index contributed by atoms with van der Waals surface area (Å²) in [5.41, 5.74) is 1.36. The summed E-state index contributed by atoms with van der Waals surface area (Å²) in [5.74, 6) is -2.64. The fourth-order valence-electron chi connectivity index (χ4n) is 2.72. The maximum absolute atomic E-state index is 13.4. The van der Waals surface area contributed by atoms with Crippen molar-refractivity contribution in [3.8, 4) is 6.07 Å². The van der Waals surface area contributed by atoms with Crippen LogP contribution in [-0.2, 0) is 11.3 Å². The van der Waals surface area contributed by atoms with Gasteiger partial charge >= 0.3 is 5.97 Å². The molecule has 0 saturated carbocycles. The van der Waals surface area contributed by atoms with Gasteiger partial charge in [-0.3, -0.25) is 0 Å². The van der Waals surface area contributed by atoms with Crippen molar-refractivity contribution in [1.29, 1.82) is 5.26 Å². The summed E-state index contributed by atoms with van der Waals surface area (Å²) in [6, 6.07) is 12.1. The molecular formula is C19H12F2N2O2. The Bertz CT molecular complexity index is 1020. The average molecular weight is 338 g/mol. The number of rotatable bonds is 4. The fraction of sp³-hybridized carbons (Fsp3) is 0.0526. The van der Waals surface area contributed by atoms with Gasteiger partial charge in [0.25, 0.3) is 0 Å². The lowest BCUT2D eigenvalue weighted by Crippen LogP contribution is -1.99. The van der Waals surface area contributed by atoms with Gasteiger partial charge in [0, 0.05) is 35.3 Å². The molecule has 0 unspecified atom stereocenters. The Morgan fingerprint density at radius 1 is 1.20 bits per heavy atom. The number of aliphatic carboxylic acids is 1. The number of fused-ring (bicyclic) bond motifs is 1. The summed E-state index contributed by atoms with van der Waals surface area (Å²) in [7, 11) is 0. The third-order valence-corrected chi connectivity index (χ3v) is 3.75. The number of hydrogen-bond donors (Lipinski definition) is 1. The van der Waals surface area contributed by atoms with Gasteiger partial charge in [-0.05, 0) is 29.8 Å². The Kier molecular flexibility index (Phi) is 4.31. The van der Waals surface area contributed by atoms with E-state index in [1.807, 2.05) is 6.07 Å².